The number of thiophene rings is 1. The van der Waals surface area contributed by atoms with Crippen LogP contribution >= 0.6 is 45.5 Å². The standard InChI is InChI=1S/C16H19ClINS/c1-3-12-6-7-13(20-12)10-16(19-4-2)11-5-8-15(18)14(17)9-11/h5-9,16,19H,3-4,10H2,1-2H3. The molecule has 20 heavy (non-hydrogen) atoms. The minimum atomic E-state index is 0.331. The molecule has 0 aliphatic rings. The molecule has 1 nitrogen and oxygen atoms in total. The van der Waals surface area contributed by atoms with E-state index in [2.05, 4.69) is 72.1 Å². The summed E-state index contributed by atoms with van der Waals surface area (Å²) < 4.78 is 1.10. The lowest BCUT2D eigenvalue weighted by atomic mass is 10.0. The van der Waals surface area contributed by atoms with E-state index >= 15 is 0 Å². The van der Waals surface area contributed by atoms with Crippen LogP contribution in [0.4, 0.5) is 0 Å². The van der Waals surface area contributed by atoms with E-state index in [1.807, 2.05) is 11.3 Å². The number of nitrogens with one attached hydrogen (secondary N) is 1. The molecule has 0 fully saturated rings. The zero-order chi connectivity index (χ0) is 14.5. The third-order valence-corrected chi connectivity index (χ3v) is 6.09. The molecule has 2 aromatic rings. The number of aryl methyl sites for hydroxylation is 1. The summed E-state index contributed by atoms with van der Waals surface area (Å²) in [5, 5.41) is 4.41. The highest BCUT2D eigenvalue weighted by molar-refractivity contribution is 14.1. The average Bonchev–Trinajstić information content (AvgIpc) is 2.89. The second-order valence-corrected chi connectivity index (χ2v) is 7.53. The summed E-state index contributed by atoms with van der Waals surface area (Å²) >= 11 is 10.4. The van der Waals surface area contributed by atoms with Gasteiger partial charge in [-0.3, -0.25) is 0 Å². The Kier molecular flexibility index (Phi) is 6.33. The van der Waals surface area contributed by atoms with Gasteiger partial charge in [0, 0.05) is 25.8 Å². The van der Waals surface area contributed by atoms with Crippen LogP contribution in [-0.4, -0.2) is 6.54 Å². The Morgan fingerprint density at radius 2 is 1.95 bits per heavy atom. The first-order chi connectivity index (χ1) is 9.63. The normalized spacial score (nSPS) is 12.6. The Balaban J connectivity index is 2.19. The summed E-state index contributed by atoms with van der Waals surface area (Å²) in [6.07, 6.45) is 2.14. The summed E-state index contributed by atoms with van der Waals surface area (Å²) in [5.41, 5.74) is 1.27. The van der Waals surface area contributed by atoms with Gasteiger partial charge >= 0.3 is 0 Å². The molecule has 1 heterocycles. The second-order valence-electron chi connectivity index (χ2n) is 4.71. The number of rotatable bonds is 6. The molecule has 0 spiro atoms. The van der Waals surface area contributed by atoms with Crippen LogP contribution in [0.15, 0.2) is 30.3 Å². The third-order valence-electron chi connectivity index (χ3n) is 3.27. The Labute approximate surface area is 143 Å². The SMILES string of the molecule is CCNC(Cc1ccc(CC)s1)c1ccc(I)c(Cl)c1. The van der Waals surface area contributed by atoms with Gasteiger partial charge in [-0.25, -0.2) is 0 Å². The summed E-state index contributed by atoms with van der Waals surface area (Å²) in [7, 11) is 0. The molecular formula is C16H19ClINS. The molecule has 1 N–H and O–H groups in total. The predicted octanol–water partition coefficient (Wildman–Crippen LogP) is 5.46. The van der Waals surface area contributed by atoms with Crippen LogP contribution in [0.2, 0.25) is 5.02 Å². The quantitative estimate of drug-likeness (QED) is 0.613. The topological polar surface area (TPSA) is 12.0 Å². The summed E-state index contributed by atoms with van der Waals surface area (Å²) in [6.45, 7) is 5.31. The van der Waals surface area contributed by atoms with E-state index in [-0.39, 0.29) is 0 Å². The number of benzene rings is 1. The first-order valence-electron chi connectivity index (χ1n) is 6.90. The fourth-order valence-electron chi connectivity index (χ4n) is 2.21. The molecule has 4 heteroatoms. The fraction of sp³-hybridized carbons (Fsp3) is 0.375. The van der Waals surface area contributed by atoms with Gasteiger partial charge in [-0.1, -0.05) is 31.5 Å². The van der Waals surface area contributed by atoms with Crippen LogP contribution in [0.3, 0.4) is 0 Å². The minimum absolute atomic E-state index is 0.331. The number of hydrogen-bond acceptors (Lipinski definition) is 2. The molecule has 1 unspecified atom stereocenters. The monoisotopic (exact) mass is 419 g/mol. The van der Waals surface area contributed by atoms with Gasteiger partial charge in [-0.15, -0.1) is 11.3 Å². The van der Waals surface area contributed by atoms with Crippen molar-refractivity contribution in [3.63, 3.8) is 0 Å². The molecule has 0 saturated carbocycles. The number of halogens is 2. The third kappa shape index (κ3) is 4.20. The van der Waals surface area contributed by atoms with E-state index in [1.165, 1.54) is 15.3 Å². The van der Waals surface area contributed by atoms with Gasteiger partial charge in [0.15, 0.2) is 0 Å². The van der Waals surface area contributed by atoms with Gasteiger partial charge in [0.2, 0.25) is 0 Å². The van der Waals surface area contributed by atoms with Crippen LogP contribution in [0, 0.1) is 3.57 Å². The van der Waals surface area contributed by atoms with Crippen molar-refractivity contribution in [2.24, 2.45) is 0 Å². The first-order valence-corrected chi connectivity index (χ1v) is 9.17. The van der Waals surface area contributed by atoms with Crippen LogP contribution in [0.5, 0.6) is 0 Å². The van der Waals surface area contributed by atoms with E-state index in [4.69, 9.17) is 11.6 Å². The molecule has 0 bridgehead atoms. The lowest BCUT2D eigenvalue weighted by Crippen LogP contribution is -2.22. The van der Waals surface area contributed by atoms with Crippen molar-refractivity contribution in [3.05, 3.63) is 54.2 Å². The maximum Gasteiger partial charge on any atom is 0.0542 e. The van der Waals surface area contributed by atoms with Crippen molar-refractivity contribution in [2.45, 2.75) is 32.7 Å². The molecule has 108 valence electrons. The molecule has 0 aliphatic carbocycles. The lowest BCUT2D eigenvalue weighted by molar-refractivity contribution is 0.553. The minimum Gasteiger partial charge on any atom is -0.310 e. The lowest BCUT2D eigenvalue weighted by Gasteiger charge is -2.18. The molecule has 1 aromatic carbocycles. The molecule has 1 aromatic heterocycles. The van der Waals surface area contributed by atoms with Gasteiger partial charge in [0.1, 0.15) is 0 Å². The van der Waals surface area contributed by atoms with Gasteiger partial charge in [0.25, 0.3) is 0 Å². The molecular weight excluding hydrogens is 401 g/mol. The molecule has 0 aliphatic heterocycles. The van der Waals surface area contributed by atoms with Crippen LogP contribution in [0.25, 0.3) is 0 Å². The molecule has 1 atom stereocenters. The summed E-state index contributed by atoms with van der Waals surface area (Å²) in [6, 6.07) is 11.2. The summed E-state index contributed by atoms with van der Waals surface area (Å²) in [4.78, 5) is 2.89. The van der Waals surface area contributed by atoms with E-state index in [0.29, 0.717) is 6.04 Å². The first kappa shape index (κ1) is 16.3. The molecule has 0 radical (unpaired) electrons. The molecule has 2 rings (SSSR count). The van der Waals surface area contributed by atoms with Crippen molar-refractivity contribution < 1.29 is 0 Å². The van der Waals surface area contributed by atoms with Crippen LogP contribution in [-0.2, 0) is 12.8 Å². The smallest absolute Gasteiger partial charge is 0.0542 e. The fourth-order valence-corrected chi connectivity index (χ4v) is 3.73. The highest BCUT2D eigenvalue weighted by Gasteiger charge is 2.13. The highest BCUT2D eigenvalue weighted by atomic mass is 127. The van der Waals surface area contributed by atoms with E-state index in [0.717, 1.165) is 28.0 Å². The van der Waals surface area contributed by atoms with Crippen molar-refractivity contribution in [3.8, 4) is 0 Å². The van der Waals surface area contributed by atoms with E-state index < -0.39 is 0 Å². The average molecular weight is 420 g/mol. The van der Waals surface area contributed by atoms with E-state index in [9.17, 15) is 0 Å². The van der Waals surface area contributed by atoms with Crippen LogP contribution < -0.4 is 5.32 Å². The Hall–Kier alpha value is -0.100. The van der Waals surface area contributed by atoms with Crippen molar-refractivity contribution in [1.29, 1.82) is 0 Å². The van der Waals surface area contributed by atoms with Gasteiger partial charge in [-0.05, 0) is 65.4 Å². The maximum atomic E-state index is 6.25. The Morgan fingerprint density at radius 3 is 2.55 bits per heavy atom. The van der Waals surface area contributed by atoms with Crippen molar-refractivity contribution in [2.75, 3.05) is 6.54 Å². The Morgan fingerprint density at radius 1 is 1.20 bits per heavy atom. The van der Waals surface area contributed by atoms with E-state index in [1.54, 1.807) is 0 Å². The predicted molar refractivity (Wildman–Crippen MR) is 98.0 cm³/mol. The van der Waals surface area contributed by atoms with Crippen molar-refractivity contribution in [1.82, 2.24) is 5.32 Å². The number of likely N-dealkylation sites (N-methyl/N-ethyl adjacent to an activating group) is 1. The largest absolute Gasteiger partial charge is 0.310 e. The van der Waals surface area contributed by atoms with Crippen molar-refractivity contribution >= 4 is 45.5 Å². The number of hydrogen-bond donors (Lipinski definition) is 1. The summed E-state index contributed by atoms with van der Waals surface area (Å²) in [5.74, 6) is 0. The highest BCUT2D eigenvalue weighted by Crippen LogP contribution is 2.27. The molecule has 0 amide bonds. The van der Waals surface area contributed by atoms with Gasteiger partial charge in [0.05, 0.1) is 5.02 Å². The van der Waals surface area contributed by atoms with Gasteiger partial charge < -0.3 is 5.32 Å². The Bertz CT molecular complexity index is 567. The zero-order valence-electron chi connectivity index (χ0n) is 11.7. The van der Waals surface area contributed by atoms with Crippen LogP contribution in [0.1, 0.15) is 35.2 Å². The zero-order valence-corrected chi connectivity index (χ0v) is 15.5. The second kappa shape index (κ2) is 7.78. The maximum absolute atomic E-state index is 6.25. The van der Waals surface area contributed by atoms with Gasteiger partial charge in [-0.2, -0.15) is 0 Å². The molecule has 0 saturated heterocycles.